The predicted molar refractivity (Wildman–Crippen MR) is 37.6 cm³/mol. The van der Waals surface area contributed by atoms with E-state index < -0.39 is 11.6 Å². The second kappa shape index (κ2) is 3.18. The number of nitriles is 1. The molecule has 0 fully saturated rings. The maximum absolute atomic E-state index is 12.7. The van der Waals surface area contributed by atoms with Gasteiger partial charge in [-0.05, 0) is 6.07 Å². The van der Waals surface area contributed by atoms with Gasteiger partial charge in [-0.2, -0.15) is 9.65 Å². The number of hydrogen-bond donors (Lipinski definition) is 0. The maximum atomic E-state index is 12.7. The highest BCUT2D eigenvalue weighted by Gasteiger charge is 2.10. The standard InChI is InChI=1S/C8H5F2NO/c1-12-7-3-5(4-11)2-6(9)8(7)10/h2-3H,1H3. The van der Waals surface area contributed by atoms with E-state index in [1.54, 1.807) is 6.07 Å². The number of benzene rings is 1. The second-order valence-electron chi connectivity index (χ2n) is 2.09. The van der Waals surface area contributed by atoms with Gasteiger partial charge in [-0.1, -0.05) is 0 Å². The molecule has 0 saturated heterocycles. The molecule has 1 rings (SSSR count). The highest BCUT2D eigenvalue weighted by molar-refractivity contribution is 5.38. The Labute approximate surface area is 68.0 Å². The number of ether oxygens (including phenoxy) is 1. The van der Waals surface area contributed by atoms with Gasteiger partial charge >= 0.3 is 0 Å². The van der Waals surface area contributed by atoms with Crippen molar-refractivity contribution < 1.29 is 13.5 Å². The van der Waals surface area contributed by atoms with Gasteiger partial charge in [0.25, 0.3) is 0 Å². The fourth-order valence-corrected chi connectivity index (χ4v) is 0.777. The molecule has 0 saturated carbocycles. The number of nitrogens with zero attached hydrogens (tertiary/aromatic N) is 1. The van der Waals surface area contributed by atoms with E-state index in [9.17, 15) is 8.78 Å². The fourth-order valence-electron chi connectivity index (χ4n) is 0.777. The first-order chi connectivity index (χ1) is 5.69. The zero-order valence-corrected chi connectivity index (χ0v) is 6.27. The Kier molecular flexibility index (Phi) is 2.24. The van der Waals surface area contributed by atoms with E-state index in [0.29, 0.717) is 0 Å². The SMILES string of the molecule is COc1cc(C#N)cc(F)c1F. The van der Waals surface area contributed by atoms with Crippen molar-refractivity contribution in [2.75, 3.05) is 7.11 Å². The van der Waals surface area contributed by atoms with Gasteiger partial charge in [0.15, 0.2) is 11.6 Å². The first kappa shape index (κ1) is 8.47. The Morgan fingerprint density at radius 1 is 1.42 bits per heavy atom. The number of rotatable bonds is 1. The Bertz CT molecular complexity index is 344. The first-order valence-corrected chi connectivity index (χ1v) is 3.12. The van der Waals surface area contributed by atoms with E-state index in [1.807, 2.05) is 0 Å². The predicted octanol–water partition coefficient (Wildman–Crippen LogP) is 1.85. The average Bonchev–Trinajstić information content (AvgIpc) is 2.09. The van der Waals surface area contributed by atoms with Crippen LogP contribution in [-0.4, -0.2) is 7.11 Å². The Morgan fingerprint density at radius 2 is 2.08 bits per heavy atom. The maximum Gasteiger partial charge on any atom is 0.200 e. The van der Waals surface area contributed by atoms with Crippen molar-refractivity contribution in [3.8, 4) is 11.8 Å². The quantitative estimate of drug-likeness (QED) is 0.642. The summed E-state index contributed by atoms with van der Waals surface area (Å²) in [5.74, 6) is -2.41. The zero-order valence-electron chi connectivity index (χ0n) is 6.27. The molecule has 1 aromatic rings. The van der Waals surface area contributed by atoms with Crippen LogP contribution in [-0.2, 0) is 0 Å². The van der Waals surface area contributed by atoms with Gasteiger partial charge < -0.3 is 4.74 Å². The fraction of sp³-hybridized carbons (Fsp3) is 0.125. The van der Waals surface area contributed by atoms with Crippen LogP contribution in [0.1, 0.15) is 5.56 Å². The lowest BCUT2D eigenvalue weighted by Crippen LogP contribution is -1.93. The summed E-state index contributed by atoms with van der Waals surface area (Å²) >= 11 is 0. The molecular weight excluding hydrogens is 164 g/mol. The molecule has 0 aromatic heterocycles. The third kappa shape index (κ3) is 1.35. The largest absolute Gasteiger partial charge is 0.494 e. The summed E-state index contributed by atoms with van der Waals surface area (Å²) in [5.41, 5.74) is 0.0331. The summed E-state index contributed by atoms with van der Waals surface area (Å²) in [6, 6.07) is 3.64. The monoisotopic (exact) mass is 169 g/mol. The van der Waals surface area contributed by atoms with Gasteiger partial charge in [0.05, 0.1) is 18.7 Å². The molecule has 0 aliphatic rings. The van der Waals surface area contributed by atoms with Crippen molar-refractivity contribution in [1.82, 2.24) is 0 Å². The van der Waals surface area contributed by atoms with Crippen LogP contribution in [0.15, 0.2) is 12.1 Å². The van der Waals surface area contributed by atoms with Crippen molar-refractivity contribution in [2.24, 2.45) is 0 Å². The van der Waals surface area contributed by atoms with E-state index in [-0.39, 0.29) is 11.3 Å². The van der Waals surface area contributed by atoms with Crippen molar-refractivity contribution in [3.05, 3.63) is 29.3 Å². The lowest BCUT2D eigenvalue weighted by atomic mass is 10.2. The summed E-state index contributed by atoms with van der Waals surface area (Å²) in [6.07, 6.45) is 0. The number of hydrogen-bond acceptors (Lipinski definition) is 2. The van der Waals surface area contributed by atoms with E-state index in [4.69, 9.17) is 5.26 Å². The average molecular weight is 169 g/mol. The molecule has 0 aliphatic heterocycles. The molecule has 0 heterocycles. The van der Waals surface area contributed by atoms with Crippen LogP contribution in [0.25, 0.3) is 0 Å². The van der Waals surface area contributed by atoms with E-state index in [2.05, 4.69) is 4.74 Å². The molecule has 0 bridgehead atoms. The summed E-state index contributed by atoms with van der Waals surface area (Å²) < 4.78 is 29.8. The van der Waals surface area contributed by atoms with Gasteiger partial charge in [-0.3, -0.25) is 0 Å². The molecule has 4 heteroatoms. The summed E-state index contributed by atoms with van der Waals surface area (Å²) in [5, 5.41) is 8.38. The topological polar surface area (TPSA) is 33.0 Å². The molecule has 0 atom stereocenters. The molecule has 1 aromatic carbocycles. The van der Waals surface area contributed by atoms with Crippen LogP contribution in [0.2, 0.25) is 0 Å². The molecule has 0 amide bonds. The van der Waals surface area contributed by atoms with Crippen molar-refractivity contribution >= 4 is 0 Å². The van der Waals surface area contributed by atoms with Gasteiger partial charge in [0.1, 0.15) is 0 Å². The highest BCUT2D eigenvalue weighted by Crippen LogP contribution is 2.20. The third-order valence-electron chi connectivity index (χ3n) is 1.34. The molecule has 2 nitrogen and oxygen atoms in total. The first-order valence-electron chi connectivity index (χ1n) is 3.12. The van der Waals surface area contributed by atoms with E-state index in [0.717, 1.165) is 12.1 Å². The zero-order chi connectivity index (χ0) is 9.14. The molecule has 0 aliphatic carbocycles. The second-order valence-corrected chi connectivity index (χ2v) is 2.09. The summed E-state index contributed by atoms with van der Waals surface area (Å²) in [4.78, 5) is 0. The third-order valence-corrected chi connectivity index (χ3v) is 1.34. The Balaban J connectivity index is 3.31. The lowest BCUT2D eigenvalue weighted by molar-refractivity contribution is 0.371. The molecule has 12 heavy (non-hydrogen) atoms. The van der Waals surface area contributed by atoms with Crippen LogP contribution < -0.4 is 4.74 Å². The van der Waals surface area contributed by atoms with Crippen LogP contribution >= 0.6 is 0 Å². The van der Waals surface area contributed by atoms with Gasteiger partial charge in [0.2, 0.25) is 5.82 Å². The number of methoxy groups -OCH3 is 1. The molecular formula is C8H5F2NO. The van der Waals surface area contributed by atoms with Crippen molar-refractivity contribution in [1.29, 1.82) is 5.26 Å². The summed E-state index contributed by atoms with van der Waals surface area (Å²) in [7, 11) is 1.21. The van der Waals surface area contributed by atoms with Gasteiger partial charge in [-0.25, -0.2) is 4.39 Å². The molecule has 0 spiro atoms. The van der Waals surface area contributed by atoms with Crippen molar-refractivity contribution in [3.63, 3.8) is 0 Å². The molecule has 0 unspecified atom stereocenters. The Hall–Kier alpha value is -1.63. The minimum absolute atomic E-state index is 0.0331. The molecule has 0 N–H and O–H groups in total. The highest BCUT2D eigenvalue weighted by atomic mass is 19.2. The smallest absolute Gasteiger partial charge is 0.200 e. The minimum Gasteiger partial charge on any atom is -0.494 e. The summed E-state index contributed by atoms with van der Waals surface area (Å²) in [6.45, 7) is 0. The van der Waals surface area contributed by atoms with Crippen LogP contribution in [0, 0.1) is 23.0 Å². The van der Waals surface area contributed by atoms with Gasteiger partial charge in [-0.15, -0.1) is 0 Å². The van der Waals surface area contributed by atoms with E-state index in [1.165, 1.54) is 7.11 Å². The molecule has 0 radical (unpaired) electrons. The van der Waals surface area contributed by atoms with Crippen LogP contribution in [0.3, 0.4) is 0 Å². The van der Waals surface area contributed by atoms with Crippen LogP contribution in [0.5, 0.6) is 5.75 Å². The van der Waals surface area contributed by atoms with Crippen LogP contribution in [0.4, 0.5) is 8.78 Å². The number of halogens is 2. The minimum atomic E-state index is -1.08. The van der Waals surface area contributed by atoms with Gasteiger partial charge in [0, 0.05) is 6.07 Å². The Morgan fingerprint density at radius 3 is 2.58 bits per heavy atom. The van der Waals surface area contributed by atoms with E-state index >= 15 is 0 Å². The van der Waals surface area contributed by atoms with Crippen molar-refractivity contribution in [2.45, 2.75) is 0 Å². The lowest BCUT2D eigenvalue weighted by Gasteiger charge is -2.01. The molecule has 62 valence electrons. The normalized spacial score (nSPS) is 9.17.